The topological polar surface area (TPSA) is 15.7 Å². The van der Waals surface area contributed by atoms with E-state index in [1.54, 1.807) is 5.57 Å². The van der Waals surface area contributed by atoms with E-state index < -0.39 is 0 Å². The minimum Gasteiger partial charge on any atom is -0.379 e. The van der Waals surface area contributed by atoms with Crippen molar-refractivity contribution in [1.29, 1.82) is 0 Å². The number of hydrogen-bond acceptors (Lipinski definition) is 3. The number of piperidine rings is 1. The Morgan fingerprint density at radius 3 is 2.85 bits per heavy atom. The van der Waals surface area contributed by atoms with Crippen molar-refractivity contribution in [3.05, 3.63) is 23.8 Å². The normalized spacial score (nSPS) is 41.5. The van der Waals surface area contributed by atoms with Crippen molar-refractivity contribution in [2.45, 2.75) is 25.8 Å². The van der Waals surface area contributed by atoms with E-state index in [-0.39, 0.29) is 0 Å². The van der Waals surface area contributed by atoms with Gasteiger partial charge in [-0.2, -0.15) is 0 Å². The lowest BCUT2D eigenvalue weighted by atomic mass is 9.88. The van der Waals surface area contributed by atoms with Gasteiger partial charge in [0.05, 0.1) is 13.2 Å². The molecule has 3 heteroatoms. The Bertz CT molecular complexity index is 438. The molecule has 0 N–H and O–H groups in total. The summed E-state index contributed by atoms with van der Waals surface area (Å²) in [5.74, 6) is 0.943. The Kier molecular flexibility index (Phi) is 3.24. The van der Waals surface area contributed by atoms with Crippen LogP contribution >= 0.6 is 0 Å². The molecule has 0 aromatic carbocycles. The van der Waals surface area contributed by atoms with Gasteiger partial charge in [0.25, 0.3) is 0 Å². The van der Waals surface area contributed by atoms with Crippen LogP contribution in [-0.4, -0.2) is 61.8 Å². The number of nitrogens with zero attached hydrogens (tertiary/aromatic N) is 2. The molecule has 3 atom stereocenters. The number of hydrogen-bond donors (Lipinski definition) is 0. The smallest absolute Gasteiger partial charge is 0.0594 e. The SMILES string of the molecule is CCN1CC2CC2(C2=CCC(N3CCOCC3)C=C2)C1. The Labute approximate surface area is 122 Å². The molecule has 0 radical (unpaired) electrons. The van der Waals surface area contributed by atoms with Gasteiger partial charge in [-0.25, -0.2) is 0 Å². The second kappa shape index (κ2) is 4.97. The largest absolute Gasteiger partial charge is 0.379 e. The lowest BCUT2D eigenvalue weighted by Crippen LogP contribution is -2.43. The Balaban J connectivity index is 1.41. The highest BCUT2D eigenvalue weighted by Gasteiger charge is 2.60. The average Bonchev–Trinajstić information content (AvgIpc) is 3.10. The van der Waals surface area contributed by atoms with Crippen molar-refractivity contribution in [1.82, 2.24) is 9.80 Å². The highest BCUT2D eigenvalue weighted by Crippen LogP contribution is 2.62. The maximum absolute atomic E-state index is 5.45. The molecule has 2 saturated heterocycles. The molecule has 20 heavy (non-hydrogen) atoms. The van der Waals surface area contributed by atoms with Gasteiger partial charge in [0.1, 0.15) is 0 Å². The van der Waals surface area contributed by atoms with Crippen molar-refractivity contribution < 1.29 is 4.74 Å². The Morgan fingerprint density at radius 2 is 2.20 bits per heavy atom. The third-order valence-corrected chi connectivity index (χ3v) is 5.83. The average molecular weight is 274 g/mol. The summed E-state index contributed by atoms with van der Waals surface area (Å²) in [6.45, 7) is 10.1. The summed E-state index contributed by atoms with van der Waals surface area (Å²) in [6, 6.07) is 0.611. The number of likely N-dealkylation sites (tertiary alicyclic amines) is 1. The van der Waals surface area contributed by atoms with E-state index in [9.17, 15) is 0 Å². The van der Waals surface area contributed by atoms with Crippen LogP contribution in [0, 0.1) is 11.3 Å². The second-order valence-electron chi connectivity index (χ2n) is 6.85. The number of allylic oxidation sites excluding steroid dienone is 1. The third-order valence-electron chi connectivity index (χ3n) is 5.83. The van der Waals surface area contributed by atoms with E-state index >= 15 is 0 Å². The Hall–Kier alpha value is -0.640. The van der Waals surface area contributed by atoms with Crippen molar-refractivity contribution in [3.8, 4) is 0 Å². The first-order valence-electron chi connectivity index (χ1n) is 8.25. The van der Waals surface area contributed by atoms with Crippen LogP contribution in [0.5, 0.6) is 0 Å². The monoisotopic (exact) mass is 274 g/mol. The maximum Gasteiger partial charge on any atom is 0.0594 e. The van der Waals surface area contributed by atoms with Gasteiger partial charge >= 0.3 is 0 Å². The lowest BCUT2D eigenvalue weighted by molar-refractivity contribution is 0.0258. The quantitative estimate of drug-likeness (QED) is 0.782. The molecule has 2 heterocycles. The van der Waals surface area contributed by atoms with Gasteiger partial charge in [0.2, 0.25) is 0 Å². The molecule has 0 spiro atoms. The zero-order valence-electron chi connectivity index (χ0n) is 12.6. The van der Waals surface area contributed by atoms with Gasteiger partial charge in [0, 0.05) is 37.6 Å². The number of morpholine rings is 1. The van der Waals surface area contributed by atoms with E-state index in [4.69, 9.17) is 4.74 Å². The van der Waals surface area contributed by atoms with E-state index in [1.807, 2.05) is 0 Å². The predicted octanol–water partition coefficient (Wildman–Crippen LogP) is 1.92. The Morgan fingerprint density at radius 1 is 1.35 bits per heavy atom. The first-order chi connectivity index (χ1) is 9.82. The third kappa shape index (κ3) is 2.07. The number of ether oxygens (including phenoxy) is 1. The van der Waals surface area contributed by atoms with Gasteiger partial charge in [-0.1, -0.05) is 25.2 Å². The van der Waals surface area contributed by atoms with Crippen LogP contribution in [0.15, 0.2) is 23.8 Å². The summed E-state index contributed by atoms with van der Waals surface area (Å²) < 4.78 is 5.45. The van der Waals surface area contributed by atoms with Crippen LogP contribution in [-0.2, 0) is 4.74 Å². The van der Waals surface area contributed by atoms with Crippen LogP contribution in [0.4, 0.5) is 0 Å². The van der Waals surface area contributed by atoms with Gasteiger partial charge in [0.15, 0.2) is 0 Å². The fourth-order valence-corrected chi connectivity index (χ4v) is 4.43. The molecule has 2 aliphatic carbocycles. The minimum atomic E-state index is 0.544. The summed E-state index contributed by atoms with van der Waals surface area (Å²) in [4.78, 5) is 5.19. The van der Waals surface area contributed by atoms with Crippen LogP contribution in [0.25, 0.3) is 0 Å². The zero-order valence-corrected chi connectivity index (χ0v) is 12.6. The van der Waals surface area contributed by atoms with E-state index in [0.29, 0.717) is 11.5 Å². The molecule has 4 aliphatic rings. The molecule has 4 rings (SSSR count). The molecule has 3 unspecified atom stereocenters. The van der Waals surface area contributed by atoms with Crippen molar-refractivity contribution in [3.63, 3.8) is 0 Å². The molecule has 0 aromatic heterocycles. The molecule has 2 aliphatic heterocycles. The van der Waals surface area contributed by atoms with E-state index in [1.165, 1.54) is 32.5 Å². The number of rotatable bonds is 3. The van der Waals surface area contributed by atoms with Crippen LogP contribution in [0.3, 0.4) is 0 Å². The number of fused-ring (bicyclic) bond motifs is 1. The van der Waals surface area contributed by atoms with Crippen LogP contribution < -0.4 is 0 Å². The summed E-state index contributed by atoms with van der Waals surface area (Å²) in [5.41, 5.74) is 2.19. The van der Waals surface area contributed by atoms with E-state index in [0.717, 1.165) is 32.2 Å². The van der Waals surface area contributed by atoms with Gasteiger partial charge in [-0.15, -0.1) is 0 Å². The van der Waals surface area contributed by atoms with Crippen LogP contribution in [0.1, 0.15) is 19.8 Å². The highest BCUT2D eigenvalue weighted by molar-refractivity contribution is 5.40. The lowest BCUT2D eigenvalue weighted by Gasteiger charge is -2.34. The molecule has 110 valence electrons. The predicted molar refractivity (Wildman–Crippen MR) is 80.7 cm³/mol. The minimum absolute atomic E-state index is 0.544. The van der Waals surface area contributed by atoms with Gasteiger partial charge < -0.3 is 9.64 Å². The fourth-order valence-electron chi connectivity index (χ4n) is 4.43. The van der Waals surface area contributed by atoms with Crippen molar-refractivity contribution in [2.75, 3.05) is 45.9 Å². The first-order valence-corrected chi connectivity index (χ1v) is 8.25. The zero-order chi connectivity index (χ0) is 13.6. The highest BCUT2D eigenvalue weighted by atomic mass is 16.5. The fraction of sp³-hybridized carbons (Fsp3) is 0.765. The molecule has 1 saturated carbocycles. The van der Waals surface area contributed by atoms with E-state index in [2.05, 4.69) is 35.0 Å². The van der Waals surface area contributed by atoms with Crippen molar-refractivity contribution in [2.24, 2.45) is 11.3 Å². The second-order valence-corrected chi connectivity index (χ2v) is 6.85. The molecular formula is C17H26N2O. The van der Waals surface area contributed by atoms with Gasteiger partial charge in [-0.3, -0.25) is 4.90 Å². The summed E-state index contributed by atoms with van der Waals surface area (Å²) in [6.07, 6.45) is 10.1. The molecule has 3 fully saturated rings. The molecular weight excluding hydrogens is 248 g/mol. The summed E-state index contributed by atoms with van der Waals surface area (Å²) >= 11 is 0. The summed E-state index contributed by atoms with van der Waals surface area (Å²) in [7, 11) is 0. The molecule has 0 aromatic rings. The molecule has 3 nitrogen and oxygen atoms in total. The van der Waals surface area contributed by atoms with Crippen LogP contribution in [0.2, 0.25) is 0 Å². The molecule has 0 bridgehead atoms. The van der Waals surface area contributed by atoms with Crippen molar-refractivity contribution >= 4 is 0 Å². The summed E-state index contributed by atoms with van der Waals surface area (Å²) in [5, 5.41) is 0. The standard InChI is InChI=1S/C17H26N2O/c1-2-18-12-15-11-17(15,13-18)14-3-5-16(6-4-14)19-7-9-20-10-8-19/h3-5,15-16H,2,6-13H2,1H3. The first kappa shape index (κ1) is 13.1. The van der Waals surface area contributed by atoms with Gasteiger partial charge in [-0.05, 0) is 30.9 Å². The maximum atomic E-state index is 5.45. The molecule has 0 amide bonds.